The van der Waals surface area contributed by atoms with Gasteiger partial charge in [0, 0.05) is 5.69 Å². The quantitative estimate of drug-likeness (QED) is 0.654. The summed E-state index contributed by atoms with van der Waals surface area (Å²) in [6.07, 6.45) is 1.66. The lowest BCUT2D eigenvalue weighted by molar-refractivity contribution is -0.113. The molecule has 1 amide bonds. The van der Waals surface area contributed by atoms with Gasteiger partial charge in [-0.1, -0.05) is 23.9 Å². The summed E-state index contributed by atoms with van der Waals surface area (Å²) in [6, 6.07) is 11.8. The van der Waals surface area contributed by atoms with Gasteiger partial charge in [0.05, 0.1) is 18.6 Å². The Labute approximate surface area is 163 Å². The summed E-state index contributed by atoms with van der Waals surface area (Å²) in [5, 5.41) is 11.7. The minimum Gasteiger partial charge on any atom is -0.495 e. The van der Waals surface area contributed by atoms with E-state index in [1.54, 1.807) is 13.4 Å². The van der Waals surface area contributed by atoms with Crippen LogP contribution in [0, 0.1) is 20.8 Å². The fourth-order valence-corrected chi connectivity index (χ4v) is 3.34. The second kappa shape index (κ2) is 8.26. The molecule has 0 aliphatic heterocycles. The van der Waals surface area contributed by atoms with E-state index in [9.17, 15) is 4.79 Å². The zero-order valence-corrected chi connectivity index (χ0v) is 16.6. The van der Waals surface area contributed by atoms with Crippen LogP contribution in [0.5, 0.6) is 5.75 Å². The van der Waals surface area contributed by atoms with E-state index in [1.807, 2.05) is 35.8 Å². The molecule has 1 N–H and O–H groups in total. The zero-order valence-electron chi connectivity index (χ0n) is 15.8. The van der Waals surface area contributed by atoms with Crippen molar-refractivity contribution in [2.24, 2.45) is 0 Å². The number of rotatable bonds is 6. The molecule has 7 heteroatoms. The summed E-state index contributed by atoms with van der Waals surface area (Å²) in [4.78, 5) is 12.4. The van der Waals surface area contributed by atoms with E-state index in [0.717, 1.165) is 11.3 Å². The highest BCUT2D eigenvalue weighted by molar-refractivity contribution is 7.99. The van der Waals surface area contributed by atoms with Crippen molar-refractivity contribution in [1.29, 1.82) is 0 Å². The number of anilines is 1. The Hall–Kier alpha value is -2.80. The van der Waals surface area contributed by atoms with E-state index >= 15 is 0 Å². The van der Waals surface area contributed by atoms with Crippen LogP contribution in [0.2, 0.25) is 0 Å². The van der Waals surface area contributed by atoms with Gasteiger partial charge in [-0.15, -0.1) is 10.2 Å². The van der Waals surface area contributed by atoms with E-state index in [1.165, 1.54) is 22.9 Å². The number of carbonyl (C=O) groups excluding carboxylic acids is 1. The standard InChI is InChI=1S/C20H22N4O2S/c1-13-5-8-18(26-4)17(9-13)22-19(25)11-27-20-23-21-12-24(20)16-7-6-14(2)15(3)10-16/h5-10,12H,11H2,1-4H3,(H,22,25). The Morgan fingerprint density at radius 3 is 2.70 bits per heavy atom. The van der Waals surface area contributed by atoms with Gasteiger partial charge in [-0.05, 0) is 61.7 Å². The van der Waals surface area contributed by atoms with Gasteiger partial charge >= 0.3 is 0 Å². The maximum atomic E-state index is 12.4. The molecule has 6 nitrogen and oxygen atoms in total. The Kier molecular flexibility index (Phi) is 5.81. The van der Waals surface area contributed by atoms with Crippen LogP contribution in [0.25, 0.3) is 5.69 Å². The molecule has 0 radical (unpaired) electrons. The van der Waals surface area contributed by atoms with E-state index in [2.05, 4.69) is 41.5 Å². The van der Waals surface area contributed by atoms with E-state index in [4.69, 9.17) is 4.74 Å². The number of amides is 1. The molecular formula is C20H22N4O2S. The molecule has 2 aromatic carbocycles. The Bertz CT molecular complexity index is 968. The largest absolute Gasteiger partial charge is 0.495 e. The van der Waals surface area contributed by atoms with Crippen LogP contribution < -0.4 is 10.1 Å². The number of aromatic nitrogens is 3. The van der Waals surface area contributed by atoms with Crippen molar-refractivity contribution in [2.75, 3.05) is 18.2 Å². The van der Waals surface area contributed by atoms with Crippen molar-refractivity contribution in [1.82, 2.24) is 14.8 Å². The monoisotopic (exact) mass is 382 g/mol. The lowest BCUT2D eigenvalue weighted by Gasteiger charge is -2.11. The molecule has 0 unspecified atom stereocenters. The number of aryl methyl sites for hydroxylation is 3. The zero-order chi connectivity index (χ0) is 19.4. The number of thioether (sulfide) groups is 1. The first kappa shape index (κ1) is 19.0. The number of benzene rings is 2. The molecule has 0 saturated heterocycles. The SMILES string of the molecule is COc1ccc(C)cc1NC(=O)CSc1nncn1-c1ccc(C)c(C)c1. The third-order valence-electron chi connectivity index (χ3n) is 4.25. The number of carbonyl (C=O) groups is 1. The number of nitrogens with zero attached hydrogens (tertiary/aromatic N) is 3. The smallest absolute Gasteiger partial charge is 0.234 e. The molecule has 0 atom stereocenters. The number of hydrogen-bond donors (Lipinski definition) is 1. The minimum atomic E-state index is -0.126. The van der Waals surface area contributed by atoms with Crippen molar-refractivity contribution in [3.8, 4) is 11.4 Å². The molecule has 3 aromatic rings. The first-order valence-corrected chi connectivity index (χ1v) is 9.51. The van der Waals surface area contributed by atoms with Crippen LogP contribution in [0.1, 0.15) is 16.7 Å². The summed E-state index contributed by atoms with van der Waals surface area (Å²) >= 11 is 1.34. The Balaban J connectivity index is 1.69. The van der Waals surface area contributed by atoms with Crippen LogP contribution in [-0.4, -0.2) is 33.5 Å². The molecule has 0 aliphatic rings. The highest BCUT2D eigenvalue weighted by Crippen LogP contribution is 2.26. The summed E-state index contributed by atoms with van der Waals surface area (Å²) in [5.74, 6) is 0.733. The Morgan fingerprint density at radius 1 is 1.15 bits per heavy atom. The van der Waals surface area contributed by atoms with Crippen molar-refractivity contribution in [3.05, 3.63) is 59.4 Å². The first-order valence-electron chi connectivity index (χ1n) is 8.53. The van der Waals surface area contributed by atoms with Gasteiger partial charge in [-0.25, -0.2) is 0 Å². The molecule has 0 fully saturated rings. The van der Waals surface area contributed by atoms with Crippen molar-refractivity contribution in [2.45, 2.75) is 25.9 Å². The van der Waals surface area contributed by atoms with Crippen LogP contribution in [0.3, 0.4) is 0 Å². The molecule has 3 rings (SSSR count). The molecule has 0 bridgehead atoms. The summed E-state index contributed by atoms with van der Waals surface area (Å²) < 4.78 is 7.19. The predicted octanol–water partition coefficient (Wildman–Crippen LogP) is 3.93. The van der Waals surface area contributed by atoms with E-state index < -0.39 is 0 Å². The summed E-state index contributed by atoms with van der Waals surface area (Å²) in [7, 11) is 1.58. The summed E-state index contributed by atoms with van der Waals surface area (Å²) in [5.41, 5.74) is 5.12. The molecule has 0 saturated carbocycles. The molecule has 0 aliphatic carbocycles. The fraction of sp³-hybridized carbons (Fsp3) is 0.250. The number of ether oxygens (including phenoxy) is 1. The molecule has 27 heavy (non-hydrogen) atoms. The summed E-state index contributed by atoms with van der Waals surface area (Å²) in [6.45, 7) is 6.11. The van der Waals surface area contributed by atoms with Gasteiger partial charge < -0.3 is 10.1 Å². The number of methoxy groups -OCH3 is 1. The van der Waals surface area contributed by atoms with E-state index in [-0.39, 0.29) is 11.7 Å². The molecule has 1 heterocycles. The maximum Gasteiger partial charge on any atom is 0.234 e. The second-order valence-corrected chi connectivity index (χ2v) is 7.24. The lowest BCUT2D eigenvalue weighted by Crippen LogP contribution is -2.15. The van der Waals surface area contributed by atoms with Crippen LogP contribution in [0.4, 0.5) is 5.69 Å². The van der Waals surface area contributed by atoms with Crippen molar-refractivity contribution < 1.29 is 9.53 Å². The van der Waals surface area contributed by atoms with Crippen molar-refractivity contribution >= 4 is 23.4 Å². The highest BCUT2D eigenvalue weighted by Gasteiger charge is 2.12. The molecule has 1 aromatic heterocycles. The van der Waals surface area contributed by atoms with Gasteiger partial charge in [0.1, 0.15) is 12.1 Å². The fourth-order valence-electron chi connectivity index (χ4n) is 2.61. The normalized spacial score (nSPS) is 10.7. The van der Waals surface area contributed by atoms with Crippen LogP contribution in [-0.2, 0) is 4.79 Å². The Morgan fingerprint density at radius 2 is 1.96 bits per heavy atom. The van der Waals surface area contributed by atoms with Gasteiger partial charge in [-0.3, -0.25) is 9.36 Å². The molecular weight excluding hydrogens is 360 g/mol. The van der Waals surface area contributed by atoms with Gasteiger partial charge in [-0.2, -0.15) is 0 Å². The molecule has 0 spiro atoms. The van der Waals surface area contributed by atoms with E-state index in [0.29, 0.717) is 16.6 Å². The van der Waals surface area contributed by atoms with Gasteiger partial charge in [0.2, 0.25) is 5.91 Å². The topological polar surface area (TPSA) is 69.0 Å². The third-order valence-corrected chi connectivity index (χ3v) is 5.19. The highest BCUT2D eigenvalue weighted by atomic mass is 32.2. The van der Waals surface area contributed by atoms with Gasteiger partial charge in [0.15, 0.2) is 5.16 Å². The van der Waals surface area contributed by atoms with Crippen molar-refractivity contribution in [3.63, 3.8) is 0 Å². The average molecular weight is 382 g/mol. The minimum absolute atomic E-state index is 0.126. The maximum absolute atomic E-state index is 12.4. The predicted molar refractivity (Wildman–Crippen MR) is 108 cm³/mol. The second-order valence-electron chi connectivity index (χ2n) is 6.29. The molecule has 140 valence electrons. The number of nitrogens with one attached hydrogen (secondary N) is 1. The van der Waals surface area contributed by atoms with Crippen LogP contribution in [0.15, 0.2) is 47.9 Å². The average Bonchev–Trinajstić information content (AvgIpc) is 3.11. The van der Waals surface area contributed by atoms with Crippen LogP contribution >= 0.6 is 11.8 Å². The number of hydrogen-bond acceptors (Lipinski definition) is 5. The lowest BCUT2D eigenvalue weighted by atomic mass is 10.1. The first-order chi connectivity index (χ1) is 13.0. The van der Waals surface area contributed by atoms with Gasteiger partial charge in [0.25, 0.3) is 0 Å². The third kappa shape index (κ3) is 4.49.